The summed E-state index contributed by atoms with van der Waals surface area (Å²) in [5.41, 5.74) is 0.567. The van der Waals surface area contributed by atoms with Gasteiger partial charge in [-0.3, -0.25) is 4.90 Å². The van der Waals surface area contributed by atoms with Crippen molar-refractivity contribution in [2.45, 2.75) is 35.8 Å². The molecule has 39 heavy (non-hydrogen) atoms. The van der Waals surface area contributed by atoms with Gasteiger partial charge in [-0.2, -0.15) is 8.61 Å². The molecule has 1 heterocycles. The van der Waals surface area contributed by atoms with Crippen molar-refractivity contribution in [3.63, 3.8) is 0 Å². The summed E-state index contributed by atoms with van der Waals surface area (Å²) in [6.45, 7) is 3.57. The van der Waals surface area contributed by atoms with Crippen LogP contribution in [0.15, 0.2) is 52.3 Å². The molecular weight excluding hydrogens is 542 g/mol. The molecule has 0 amide bonds. The molecule has 0 bridgehead atoms. The Balaban J connectivity index is 2.04. The Labute approximate surface area is 232 Å². The molecule has 0 aliphatic carbocycles. The summed E-state index contributed by atoms with van der Waals surface area (Å²) in [5, 5.41) is 9.83. The van der Waals surface area contributed by atoms with Crippen molar-refractivity contribution < 1.29 is 31.4 Å². The first-order chi connectivity index (χ1) is 18.3. The number of sulfonamides is 2. The maximum Gasteiger partial charge on any atom is 0.247 e. The van der Waals surface area contributed by atoms with Crippen LogP contribution in [-0.2, 0) is 20.0 Å². The van der Waals surface area contributed by atoms with Gasteiger partial charge >= 0.3 is 0 Å². The number of aliphatic hydroxyl groups is 1. The van der Waals surface area contributed by atoms with E-state index in [4.69, 9.17) is 9.47 Å². The Morgan fingerprint density at radius 1 is 1.21 bits per heavy atom. The molecule has 0 saturated carbocycles. The molecular formula is C27H37N3O7S2. The lowest BCUT2D eigenvalue weighted by molar-refractivity contribution is 0.0904. The molecule has 0 aromatic heterocycles. The van der Waals surface area contributed by atoms with E-state index >= 15 is 0 Å². The lowest BCUT2D eigenvalue weighted by atomic mass is 10.0. The molecule has 12 heteroatoms. The van der Waals surface area contributed by atoms with E-state index in [0.29, 0.717) is 17.9 Å². The fraction of sp³-hybridized carbons (Fsp3) is 0.481. The number of fused-ring (bicyclic) bond motifs is 1. The molecule has 1 aliphatic heterocycles. The molecule has 3 rings (SSSR count). The van der Waals surface area contributed by atoms with Gasteiger partial charge < -0.3 is 14.6 Å². The second-order valence-corrected chi connectivity index (χ2v) is 13.8. The van der Waals surface area contributed by atoms with Crippen molar-refractivity contribution in [1.29, 1.82) is 0 Å². The zero-order valence-corrected chi connectivity index (χ0v) is 24.8. The zero-order valence-electron chi connectivity index (χ0n) is 23.2. The first-order valence-corrected chi connectivity index (χ1v) is 15.4. The molecule has 3 atom stereocenters. The van der Waals surface area contributed by atoms with Crippen molar-refractivity contribution in [1.82, 2.24) is 13.5 Å². The summed E-state index contributed by atoms with van der Waals surface area (Å²) in [4.78, 5) is 1.92. The van der Waals surface area contributed by atoms with Gasteiger partial charge in [0.25, 0.3) is 0 Å². The van der Waals surface area contributed by atoms with Crippen LogP contribution in [0.2, 0.25) is 0 Å². The van der Waals surface area contributed by atoms with Gasteiger partial charge in [0, 0.05) is 37.2 Å². The molecule has 0 fully saturated rings. The minimum Gasteiger partial charge on any atom is -0.497 e. The van der Waals surface area contributed by atoms with E-state index in [2.05, 4.69) is 11.8 Å². The lowest BCUT2D eigenvalue weighted by Crippen LogP contribution is -2.50. The number of rotatable bonds is 8. The third-order valence-electron chi connectivity index (χ3n) is 6.48. The van der Waals surface area contributed by atoms with Crippen molar-refractivity contribution in [2.24, 2.45) is 5.92 Å². The molecule has 0 radical (unpaired) electrons. The first-order valence-electron chi connectivity index (χ1n) is 12.5. The smallest absolute Gasteiger partial charge is 0.247 e. The van der Waals surface area contributed by atoms with E-state index in [9.17, 15) is 21.9 Å². The summed E-state index contributed by atoms with van der Waals surface area (Å²) in [6, 6.07) is 10.1. The second-order valence-electron chi connectivity index (χ2n) is 9.91. The van der Waals surface area contributed by atoms with E-state index in [1.807, 2.05) is 19.0 Å². The summed E-state index contributed by atoms with van der Waals surface area (Å²) in [7, 11) is -1.22. The summed E-state index contributed by atoms with van der Waals surface area (Å²) in [5.74, 6) is 6.12. The van der Waals surface area contributed by atoms with Crippen molar-refractivity contribution >= 4 is 20.0 Å². The summed E-state index contributed by atoms with van der Waals surface area (Å²) < 4.78 is 68.0. The van der Waals surface area contributed by atoms with Crippen LogP contribution >= 0.6 is 0 Å². The predicted molar refractivity (Wildman–Crippen MR) is 149 cm³/mol. The molecule has 2 aromatic rings. The van der Waals surface area contributed by atoms with Crippen LogP contribution in [0.3, 0.4) is 0 Å². The molecule has 0 unspecified atom stereocenters. The van der Waals surface area contributed by atoms with Crippen molar-refractivity contribution in [2.75, 3.05) is 54.5 Å². The van der Waals surface area contributed by atoms with E-state index in [1.54, 1.807) is 38.1 Å². The lowest BCUT2D eigenvalue weighted by Gasteiger charge is -2.37. The zero-order chi connectivity index (χ0) is 29.0. The highest BCUT2D eigenvalue weighted by molar-refractivity contribution is 7.89. The van der Waals surface area contributed by atoms with Gasteiger partial charge in [0.15, 0.2) is 0 Å². The first kappa shape index (κ1) is 30.9. The van der Waals surface area contributed by atoms with Gasteiger partial charge in [-0.15, -0.1) is 0 Å². The van der Waals surface area contributed by atoms with Crippen LogP contribution in [0, 0.1) is 17.8 Å². The maximum atomic E-state index is 13.6. The van der Waals surface area contributed by atoms with Crippen molar-refractivity contribution in [3.8, 4) is 23.3 Å². The molecule has 0 spiro atoms. The number of hydrogen-bond acceptors (Lipinski definition) is 8. The minimum atomic E-state index is -4.02. The van der Waals surface area contributed by atoms with Crippen LogP contribution in [0.1, 0.15) is 19.4 Å². The number of aliphatic hydroxyl groups excluding tert-OH is 1. The highest BCUT2D eigenvalue weighted by atomic mass is 32.2. The normalized spacial score (nSPS) is 20.2. The molecule has 214 valence electrons. The van der Waals surface area contributed by atoms with Crippen LogP contribution in [-0.4, -0.2) is 102 Å². The Kier molecular flexibility index (Phi) is 10.0. The topological polar surface area (TPSA) is 117 Å². The van der Waals surface area contributed by atoms with Crippen molar-refractivity contribution in [3.05, 3.63) is 48.0 Å². The molecule has 2 aromatic carbocycles. The number of ether oxygens (including phenoxy) is 2. The van der Waals surface area contributed by atoms with Crippen LogP contribution in [0.5, 0.6) is 11.5 Å². The largest absolute Gasteiger partial charge is 0.497 e. The molecule has 1 aliphatic rings. The number of methoxy groups -OCH3 is 1. The van der Waals surface area contributed by atoms with Gasteiger partial charge in [-0.25, -0.2) is 16.8 Å². The SMILES string of the molecule is COc1cccc(S(=O)(=O)N(C)C[C@@H]2Oc3cc(C#CCN(C)C)ccc3S(=O)(=O)N([C@H](C)CO)C[C@H]2C)c1. The van der Waals surface area contributed by atoms with Gasteiger partial charge in [0.1, 0.15) is 22.5 Å². The predicted octanol–water partition coefficient (Wildman–Crippen LogP) is 1.70. The highest BCUT2D eigenvalue weighted by Gasteiger charge is 2.39. The quantitative estimate of drug-likeness (QED) is 0.470. The standard InChI is InChI=1S/C27H37N3O7S2/c1-20-17-30(21(2)19-31)39(34,35)27-13-12-22(9-8-14-28(3)4)15-25(27)37-26(20)18-29(5)38(32,33)24-11-7-10-23(16-24)36-6/h7,10-13,15-16,20-21,26,31H,14,17-19H2,1-6H3/t20-,21-,26+/m1/s1. The highest BCUT2D eigenvalue weighted by Crippen LogP contribution is 2.34. The fourth-order valence-corrected chi connectivity index (χ4v) is 7.16. The van der Waals surface area contributed by atoms with E-state index in [0.717, 1.165) is 0 Å². The Morgan fingerprint density at radius 2 is 1.92 bits per heavy atom. The van der Waals surface area contributed by atoms with Crippen LogP contribution in [0.25, 0.3) is 0 Å². The number of nitrogens with zero attached hydrogens (tertiary/aromatic N) is 3. The van der Waals surface area contributed by atoms with Gasteiger partial charge in [0.05, 0.1) is 31.7 Å². The van der Waals surface area contributed by atoms with E-state index in [1.165, 1.54) is 41.0 Å². The number of benzene rings is 2. The number of likely N-dealkylation sites (N-methyl/N-ethyl adjacent to an activating group) is 1. The van der Waals surface area contributed by atoms with Gasteiger partial charge in [-0.1, -0.05) is 24.8 Å². The van der Waals surface area contributed by atoms with Gasteiger partial charge in [-0.05, 0) is 51.4 Å². The second kappa shape index (κ2) is 12.7. The molecule has 0 saturated heterocycles. The van der Waals surface area contributed by atoms with Crippen LogP contribution < -0.4 is 9.47 Å². The summed E-state index contributed by atoms with van der Waals surface area (Å²) >= 11 is 0. The van der Waals surface area contributed by atoms with E-state index < -0.39 is 38.1 Å². The average Bonchev–Trinajstić information content (AvgIpc) is 2.89. The molecule has 10 nitrogen and oxygen atoms in total. The Morgan fingerprint density at radius 3 is 2.56 bits per heavy atom. The third-order valence-corrected chi connectivity index (χ3v) is 10.3. The minimum absolute atomic E-state index is 0.0333. The maximum absolute atomic E-state index is 13.6. The third kappa shape index (κ3) is 7.11. The Hall–Kier alpha value is -2.66. The van der Waals surface area contributed by atoms with Gasteiger partial charge in [0.2, 0.25) is 20.0 Å². The average molecular weight is 580 g/mol. The number of hydrogen-bond donors (Lipinski definition) is 1. The van der Waals surface area contributed by atoms with Crippen LogP contribution in [0.4, 0.5) is 0 Å². The Bertz CT molecular complexity index is 1430. The monoisotopic (exact) mass is 579 g/mol. The molecule has 1 N–H and O–H groups in total. The summed E-state index contributed by atoms with van der Waals surface area (Å²) in [6.07, 6.45) is -0.706. The van der Waals surface area contributed by atoms with E-state index in [-0.39, 0.29) is 35.2 Å². The fourth-order valence-electron chi connectivity index (χ4n) is 4.11.